The second-order valence-corrected chi connectivity index (χ2v) is 9.04. The fraction of sp³-hybridized carbons (Fsp3) is 0.231. The van der Waals surface area contributed by atoms with Crippen LogP contribution in [0.25, 0.3) is 38.9 Å². The maximum Gasteiger partial charge on any atom is 0.306 e. The van der Waals surface area contributed by atoms with Crippen molar-refractivity contribution in [1.29, 1.82) is 0 Å². The first-order valence-electron chi connectivity index (χ1n) is 11.6. The number of imidazole rings is 1. The Kier molecular flexibility index (Phi) is 4.98. The van der Waals surface area contributed by atoms with Gasteiger partial charge in [0.05, 0.1) is 17.1 Å². The number of nitrogens with two attached hydrogens (primary N) is 1. The number of aromatic amines is 1. The van der Waals surface area contributed by atoms with Gasteiger partial charge in [0.1, 0.15) is 29.2 Å². The van der Waals surface area contributed by atoms with Gasteiger partial charge in [-0.25, -0.2) is 18.9 Å². The Morgan fingerprint density at radius 3 is 2.63 bits per heavy atom. The number of fused-ring (bicyclic) bond motifs is 2. The maximum absolute atomic E-state index is 14.6. The molecule has 3 heterocycles. The molecule has 35 heavy (non-hydrogen) atoms. The number of nitrogens with one attached hydrogen (secondary N) is 1. The van der Waals surface area contributed by atoms with Crippen molar-refractivity contribution >= 4 is 28.2 Å². The number of hydrogen-bond donors (Lipinski definition) is 3. The molecule has 0 spiro atoms. The number of carboxylic acid groups (broad SMARTS) is 1. The van der Waals surface area contributed by atoms with Crippen molar-refractivity contribution in [3.8, 4) is 22.5 Å². The van der Waals surface area contributed by atoms with Crippen LogP contribution in [0.3, 0.4) is 0 Å². The van der Waals surface area contributed by atoms with E-state index in [-0.39, 0.29) is 17.7 Å². The van der Waals surface area contributed by atoms with Gasteiger partial charge < -0.3 is 15.8 Å². The van der Waals surface area contributed by atoms with Gasteiger partial charge in [-0.15, -0.1) is 0 Å². The Morgan fingerprint density at radius 2 is 1.86 bits per heavy atom. The molecule has 3 aromatic heterocycles. The van der Waals surface area contributed by atoms with Crippen molar-refractivity contribution in [2.24, 2.45) is 5.92 Å². The van der Waals surface area contributed by atoms with Crippen LogP contribution in [0.5, 0.6) is 0 Å². The Hall–Kier alpha value is -4.27. The summed E-state index contributed by atoms with van der Waals surface area (Å²) in [4.78, 5) is 24.0. The first-order chi connectivity index (χ1) is 17.0. The Labute approximate surface area is 199 Å². The summed E-state index contributed by atoms with van der Waals surface area (Å²) in [5.41, 5.74) is 10.3. The van der Waals surface area contributed by atoms with Crippen molar-refractivity contribution in [2.75, 3.05) is 5.73 Å². The number of rotatable bonds is 4. The Bertz CT molecular complexity index is 1580. The van der Waals surface area contributed by atoms with Gasteiger partial charge >= 0.3 is 5.97 Å². The van der Waals surface area contributed by atoms with E-state index in [1.807, 2.05) is 30.3 Å². The van der Waals surface area contributed by atoms with Gasteiger partial charge in [-0.1, -0.05) is 36.4 Å². The van der Waals surface area contributed by atoms with Crippen molar-refractivity contribution in [1.82, 2.24) is 24.6 Å². The highest BCUT2D eigenvalue weighted by Crippen LogP contribution is 2.39. The number of benzene rings is 2. The number of aromatic nitrogens is 5. The number of carboxylic acids is 1. The summed E-state index contributed by atoms with van der Waals surface area (Å²) in [5, 5.41) is 14.7. The lowest BCUT2D eigenvalue weighted by molar-refractivity contribution is -0.142. The normalized spacial score (nSPS) is 18.3. The molecule has 0 atom stereocenters. The van der Waals surface area contributed by atoms with Crippen LogP contribution in [0.4, 0.5) is 10.2 Å². The fourth-order valence-electron chi connectivity index (χ4n) is 5.22. The molecule has 6 rings (SSSR count). The van der Waals surface area contributed by atoms with E-state index >= 15 is 0 Å². The van der Waals surface area contributed by atoms with E-state index in [1.165, 1.54) is 12.4 Å². The lowest BCUT2D eigenvalue weighted by atomic mass is 9.82. The summed E-state index contributed by atoms with van der Waals surface area (Å²) in [6.45, 7) is 0. The highest BCUT2D eigenvalue weighted by molar-refractivity contribution is 5.98. The Balaban J connectivity index is 1.48. The fourth-order valence-corrected chi connectivity index (χ4v) is 5.22. The van der Waals surface area contributed by atoms with Crippen molar-refractivity contribution < 1.29 is 14.3 Å². The monoisotopic (exact) mass is 470 g/mol. The minimum absolute atomic E-state index is 0.0690. The number of aliphatic carboxylic acids is 1. The van der Waals surface area contributed by atoms with Gasteiger partial charge in [-0.05, 0) is 37.8 Å². The van der Waals surface area contributed by atoms with E-state index in [9.17, 15) is 14.3 Å². The molecule has 1 aliphatic carbocycles. The molecule has 0 radical (unpaired) electrons. The number of hydrogen-bond acceptors (Lipinski definition) is 5. The van der Waals surface area contributed by atoms with Crippen LogP contribution >= 0.6 is 0 Å². The van der Waals surface area contributed by atoms with Gasteiger partial charge in [0.2, 0.25) is 0 Å². The first kappa shape index (κ1) is 21.3. The number of para-hydroxylation sites is 1. The largest absolute Gasteiger partial charge is 0.481 e. The SMILES string of the molecule is Nc1ncnn2c(C3CCC(C(=O)O)CC3)nc(-c3cc4cccc(-c5ccccc5F)c4[nH]3)c12. The van der Waals surface area contributed by atoms with Crippen LogP contribution in [0.1, 0.15) is 37.4 Å². The summed E-state index contributed by atoms with van der Waals surface area (Å²) in [7, 11) is 0. The van der Waals surface area contributed by atoms with E-state index in [4.69, 9.17) is 10.7 Å². The smallest absolute Gasteiger partial charge is 0.306 e. The second-order valence-electron chi connectivity index (χ2n) is 9.04. The van der Waals surface area contributed by atoms with Gasteiger partial charge in [0, 0.05) is 22.4 Å². The summed E-state index contributed by atoms with van der Waals surface area (Å²) < 4.78 is 16.3. The number of nitrogens with zero attached hydrogens (tertiary/aromatic N) is 4. The summed E-state index contributed by atoms with van der Waals surface area (Å²) in [6.07, 6.45) is 4.03. The predicted molar refractivity (Wildman–Crippen MR) is 130 cm³/mol. The number of nitrogen functional groups attached to an aromatic ring is 1. The molecule has 2 aromatic carbocycles. The van der Waals surface area contributed by atoms with Crippen LogP contribution < -0.4 is 5.73 Å². The van der Waals surface area contributed by atoms with Gasteiger partial charge in [-0.3, -0.25) is 4.79 Å². The third-order valence-electron chi connectivity index (χ3n) is 7.00. The molecule has 1 fully saturated rings. The highest BCUT2D eigenvalue weighted by Gasteiger charge is 2.31. The quantitative estimate of drug-likeness (QED) is 0.339. The molecule has 0 bridgehead atoms. The van der Waals surface area contributed by atoms with Crippen LogP contribution in [0, 0.1) is 11.7 Å². The minimum Gasteiger partial charge on any atom is -0.481 e. The van der Waals surface area contributed by atoms with Crippen molar-refractivity contribution in [3.63, 3.8) is 0 Å². The minimum atomic E-state index is -0.743. The molecule has 0 aliphatic heterocycles. The van der Waals surface area contributed by atoms with Gasteiger partial charge in [0.15, 0.2) is 5.82 Å². The molecule has 0 unspecified atom stereocenters. The summed E-state index contributed by atoms with van der Waals surface area (Å²) in [6, 6.07) is 14.4. The third kappa shape index (κ3) is 3.51. The molecule has 0 amide bonds. The van der Waals surface area contributed by atoms with Gasteiger partial charge in [-0.2, -0.15) is 5.10 Å². The predicted octanol–water partition coefficient (Wildman–Crippen LogP) is 5.02. The highest BCUT2D eigenvalue weighted by atomic mass is 19.1. The Morgan fingerprint density at radius 1 is 1.09 bits per heavy atom. The zero-order valence-corrected chi connectivity index (χ0v) is 18.8. The molecule has 8 nitrogen and oxygen atoms in total. The van der Waals surface area contributed by atoms with Crippen LogP contribution in [0.2, 0.25) is 0 Å². The third-order valence-corrected chi connectivity index (χ3v) is 7.00. The molecule has 0 saturated heterocycles. The standard InChI is InChI=1S/C26H23FN6O2/c27-19-7-2-1-5-17(19)18-6-3-4-16-12-20(31-21(16)18)22-23-24(28)29-13-30-33(23)25(32-22)14-8-10-15(11-9-14)26(34)35/h1-7,12-15,31H,8-11H2,(H,34,35)(H2,28,29,30). The molecular weight excluding hydrogens is 447 g/mol. The zero-order chi connectivity index (χ0) is 24.1. The van der Waals surface area contributed by atoms with E-state index < -0.39 is 5.97 Å². The van der Waals surface area contributed by atoms with Crippen molar-refractivity contribution in [3.05, 3.63) is 66.5 Å². The second kappa shape index (κ2) is 8.19. The van der Waals surface area contributed by atoms with Crippen molar-refractivity contribution in [2.45, 2.75) is 31.6 Å². The molecule has 9 heteroatoms. The topological polar surface area (TPSA) is 122 Å². The van der Waals surface area contributed by atoms with Gasteiger partial charge in [0.25, 0.3) is 0 Å². The number of carbonyl (C=O) groups is 1. The lowest BCUT2D eigenvalue weighted by Crippen LogP contribution is -2.21. The van der Waals surface area contributed by atoms with Crippen LogP contribution in [-0.4, -0.2) is 35.6 Å². The molecule has 5 aromatic rings. The lowest BCUT2D eigenvalue weighted by Gasteiger charge is -2.24. The first-order valence-corrected chi connectivity index (χ1v) is 11.6. The van der Waals surface area contributed by atoms with E-state index in [1.54, 1.807) is 16.6 Å². The average Bonchev–Trinajstić information content (AvgIpc) is 3.47. The molecule has 4 N–H and O–H groups in total. The van der Waals surface area contributed by atoms with E-state index in [0.717, 1.165) is 28.0 Å². The summed E-state index contributed by atoms with van der Waals surface area (Å²) >= 11 is 0. The van der Waals surface area contributed by atoms with Crippen LogP contribution in [0.15, 0.2) is 54.9 Å². The zero-order valence-electron chi connectivity index (χ0n) is 18.8. The molecule has 1 saturated carbocycles. The number of anilines is 1. The summed E-state index contributed by atoms with van der Waals surface area (Å²) in [5.74, 6) is -0.226. The number of halogens is 1. The maximum atomic E-state index is 14.6. The number of H-pyrrole nitrogens is 1. The molecule has 176 valence electrons. The van der Waals surface area contributed by atoms with Crippen LogP contribution in [-0.2, 0) is 4.79 Å². The van der Waals surface area contributed by atoms with E-state index in [0.29, 0.717) is 48.3 Å². The average molecular weight is 471 g/mol. The van der Waals surface area contributed by atoms with E-state index in [2.05, 4.69) is 15.1 Å². The molecule has 1 aliphatic rings. The molecular formula is C26H23FN6O2.